The predicted molar refractivity (Wildman–Crippen MR) is 118 cm³/mol. The van der Waals surface area contributed by atoms with Crippen LogP contribution in [-0.2, 0) is 0 Å². The molecule has 0 bridgehead atoms. The average molecular weight is 410 g/mol. The van der Waals surface area contributed by atoms with Crippen LogP contribution < -0.4 is 25.0 Å². The van der Waals surface area contributed by atoms with Gasteiger partial charge in [-0.25, -0.2) is 4.79 Å². The Hall–Kier alpha value is -2.89. The van der Waals surface area contributed by atoms with Gasteiger partial charge >= 0.3 is 6.03 Å². The molecular formula is C24H31N3O3. The van der Waals surface area contributed by atoms with E-state index in [1.165, 1.54) is 5.69 Å². The fourth-order valence-electron chi connectivity index (χ4n) is 4.16. The molecule has 6 nitrogen and oxygen atoms in total. The summed E-state index contributed by atoms with van der Waals surface area (Å²) in [6, 6.07) is 16.4. The first-order valence-electron chi connectivity index (χ1n) is 10.8. The molecule has 2 aliphatic rings. The van der Waals surface area contributed by atoms with Crippen molar-refractivity contribution >= 4 is 11.7 Å². The van der Waals surface area contributed by atoms with Crippen LogP contribution in [-0.4, -0.2) is 39.4 Å². The number of methoxy groups -OCH3 is 2. The molecule has 1 heterocycles. The minimum Gasteiger partial charge on any atom is -0.497 e. The lowest BCUT2D eigenvalue weighted by molar-refractivity contribution is 0.229. The molecule has 4 rings (SSSR count). The second-order valence-corrected chi connectivity index (χ2v) is 8.17. The fraction of sp³-hybridized carbons (Fsp3) is 0.458. The molecule has 0 spiro atoms. The summed E-state index contributed by atoms with van der Waals surface area (Å²) < 4.78 is 10.5. The van der Waals surface area contributed by atoms with Crippen molar-refractivity contribution in [3.63, 3.8) is 0 Å². The van der Waals surface area contributed by atoms with Crippen molar-refractivity contribution in [2.75, 3.05) is 32.2 Å². The van der Waals surface area contributed by atoms with Gasteiger partial charge in [-0.1, -0.05) is 12.1 Å². The number of ether oxygens (including phenoxy) is 2. The molecular weight excluding hydrogens is 378 g/mol. The number of nitrogens with one attached hydrogen (secondary N) is 2. The molecule has 2 aromatic rings. The lowest BCUT2D eigenvalue weighted by atomic mass is 10.0. The normalized spacial score (nSPS) is 17.9. The number of piperidine rings is 1. The van der Waals surface area contributed by atoms with Crippen molar-refractivity contribution in [1.82, 2.24) is 10.6 Å². The number of hydrogen-bond acceptors (Lipinski definition) is 4. The highest BCUT2D eigenvalue weighted by atomic mass is 16.5. The molecule has 1 saturated carbocycles. The van der Waals surface area contributed by atoms with E-state index in [0.717, 1.165) is 55.8 Å². The highest BCUT2D eigenvalue weighted by Crippen LogP contribution is 2.41. The first kappa shape index (κ1) is 20.4. The van der Waals surface area contributed by atoms with Crippen LogP contribution in [0.4, 0.5) is 10.5 Å². The summed E-state index contributed by atoms with van der Waals surface area (Å²) in [6.45, 7) is 1.86. The van der Waals surface area contributed by atoms with Gasteiger partial charge in [0.2, 0.25) is 0 Å². The zero-order valence-electron chi connectivity index (χ0n) is 17.8. The van der Waals surface area contributed by atoms with Crippen molar-refractivity contribution in [3.8, 4) is 11.5 Å². The van der Waals surface area contributed by atoms with E-state index in [-0.39, 0.29) is 18.1 Å². The van der Waals surface area contributed by atoms with Gasteiger partial charge in [-0.15, -0.1) is 0 Å². The molecule has 2 fully saturated rings. The maximum absolute atomic E-state index is 12.7. The van der Waals surface area contributed by atoms with Gasteiger partial charge < -0.3 is 25.0 Å². The summed E-state index contributed by atoms with van der Waals surface area (Å²) >= 11 is 0. The molecule has 0 radical (unpaired) electrons. The molecule has 1 aliphatic heterocycles. The Kier molecular flexibility index (Phi) is 6.31. The number of benzene rings is 2. The van der Waals surface area contributed by atoms with Crippen LogP contribution in [0.25, 0.3) is 0 Å². The highest BCUT2D eigenvalue weighted by molar-refractivity contribution is 5.75. The largest absolute Gasteiger partial charge is 0.497 e. The Labute approximate surface area is 178 Å². The van der Waals surface area contributed by atoms with Crippen LogP contribution in [0.3, 0.4) is 0 Å². The van der Waals surface area contributed by atoms with Gasteiger partial charge in [-0.3, -0.25) is 0 Å². The van der Waals surface area contributed by atoms with Crippen molar-refractivity contribution in [2.24, 2.45) is 5.92 Å². The Morgan fingerprint density at radius 3 is 2.00 bits per heavy atom. The highest BCUT2D eigenvalue weighted by Gasteiger charge is 2.34. The van der Waals surface area contributed by atoms with Gasteiger partial charge in [-0.2, -0.15) is 0 Å². The van der Waals surface area contributed by atoms with Gasteiger partial charge in [0.1, 0.15) is 11.5 Å². The molecule has 30 heavy (non-hydrogen) atoms. The Balaban J connectivity index is 1.28. The first-order valence-corrected chi connectivity index (χ1v) is 10.8. The second kappa shape index (κ2) is 9.28. The summed E-state index contributed by atoms with van der Waals surface area (Å²) in [6.07, 6.45) is 4.21. The molecule has 6 heteroatoms. The number of urea groups is 1. The zero-order valence-corrected chi connectivity index (χ0v) is 17.8. The molecule has 1 aliphatic carbocycles. The Morgan fingerprint density at radius 2 is 1.47 bits per heavy atom. The molecule has 2 amide bonds. The lowest BCUT2D eigenvalue weighted by Crippen LogP contribution is -2.48. The number of rotatable bonds is 7. The summed E-state index contributed by atoms with van der Waals surface area (Å²) in [5.74, 6) is 2.23. The van der Waals surface area contributed by atoms with E-state index in [2.05, 4.69) is 39.8 Å². The van der Waals surface area contributed by atoms with E-state index in [1.807, 2.05) is 24.3 Å². The van der Waals surface area contributed by atoms with E-state index < -0.39 is 0 Å². The predicted octanol–water partition coefficient (Wildman–Crippen LogP) is 4.12. The molecule has 1 unspecified atom stereocenters. The topological polar surface area (TPSA) is 62.8 Å². The smallest absolute Gasteiger partial charge is 0.315 e. The summed E-state index contributed by atoms with van der Waals surface area (Å²) in [5, 5.41) is 6.41. The van der Waals surface area contributed by atoms with Crippen LogP contribution in [0, 0.1) is 5.92 Å². The third-order valence-electron chi connectivity index (χ3n) is 6.12. The van der Waals surface area contributed by atoms with E-state index in [9.17, 15) is 4.79 Å². The number of amides is 2. The quantitative estimate of drug-likeness (QED) is 0.722. The van der Waals surface area contributed by atoms with E-state index in [4.69, 9.17) is 9.47 Å². The summed E-state index contributed by atoms with van der Waals surface area (Å²) in [4.78, 5) is 15.1. The zero-order chi connectivity index (χ0) is 20.9. The number of carbonyl (C=O) groups excluding carboxylic acids is 1. The summed E-state index contributed by atoms with van der Waals surface area (Å²) in [5.41, 5.74) is 2.34. The monoisotopic (exact) mass is 409 g/mol. The SMILES string of the molecule is COc1ccc(C(NC(=O)NC2CCN(c3ccc(OC)cc3)CC2)C2CC2)cc1. The maximum Gasteiger partial charge on any atom is 0.315 e. The van der Waals surface area contributed by atoms with Crippen molar-refractivity contribution in [2.45, 2.75) is 37.8 Å². The number of hydrogen-bond donors (Lipinski definition) is 2. The standard InChI is InChI=1S/C24H31N3O3/c1-29-21-9-5-18(6-10-21)23(17-3-4-17)26-24(28)25-19-13-15-27(16-14-19)20-7-11-22(30-2)12-8-20/h5-12,17,19,23H,3-4,13-16H2,1-2H3,(H2,25,26,28). The van der Waals surface area contributed by atoms with Crippen LogP contribution in [0.1, 0.15) is 37.3 Å². The number of carbonyl (C=O) groups is 1. The number of nitrogens with zero attached hydrogens (tertiary/aromatic N) is 1. The van der Waals surface area contributed by atoms with Crippen molar-refractivity contribution < 1.29 is 14.3 Å². The molecule has 1 saturated heterocycles. The second-order valence-electron chi connectivity index (χ2n) is 8.17. The first-order chi connectivity index (χ1) is 14.7. The average Bonchev–Trinajstić information content (AvgIpc) is 3.63. The van der Waals surface area contributed by atoms with Gasteiger partial charge in [-0.05, 0) is 73.6 Å². The van der Waals surface area contributed by atoms with Gasteiger partial charge in [0, 0.05) is 24.8 Å². The minimum absolute atomic E-state index is 0.0642. The Morgan fingerprint density at radius 1 is 0.900 bits per heavy atom. The third kappa shape index (κ3) is 4.99. The fourth-order valence-corrected chi connectivity index (χ4v) is 4.16. The molecule has 2 N–H and O–H groups in total. The molecule has 0 aromatic heterocycles. The van der Waals surface area contributed by atoms with Crippen LogP contribution in [0.2, 0.25) is 0 Å². The third-order valence-corrected chi connectivity index (χ3v) is 6.12. The van der Waals surface area contributed by atoms with E-state index >= 15 is 0 Å². The maximum atomic E-state index is 12.7. The Bertz CT molecular complexity index is 826. The van der Waals surface area contributed by atoms with Crippen LogP contribution in [0.15, 0.2) is 48.5 Å². The molecule has 160 valence electrons. The summed E-state index contributed by atoms with van der Waals surface area (Å²) in [7, 11) is 3.35. The van der Waals surface area contributed by atoms with Crippen molar-refractivity contribution in [3.05, 3.63) is 54.1 Å². The van der Waals surface area contributed by atoms with Crippen LogP contribution in [0.5, 0.6) is 11.5 Å². The van der Waals surface area contributed by atoms with E-state index in [0.29, 0.717) is 5.92 Å². The van der Waals surface area contributed by atoms with Gasteiger partial charge in [0.05, 0.1) is 20.3 Å². The molecule has 2 aromatic carbocycles. The minimum atomic E-state index is -0.0642. The van der Waals surface area contributed by atoms with Gasteiger partial charge in [0.15, 0.2) is 0 Å². The van der Waals surface area contributed by atoms with Gasteiger partial charge in [0.25, 0.3) is 0 Å². The van der Waals surface area contributed by atoms with Crippen LogP contribution >= 0.6 is 0 Å². The molecule has 1 atom stereocenters. The lowest BCUT2D eigenvalue weighted by Gasteiger charge is -2.34. The number of anilines is 1. The van der Waals surface area contributed by atoms with Crippen molar-refractivity contribution in [1.29, 1.82) is 0 Å². The van der Waals surface area contributed by atoms with E-state index in [1.54, 1.807) is 14.2 Å².